The van der Waals surface area contributed by atoms with E-state index in [9.17, 15) is 5.26 Å². The zero-order valence-corrected chi connectivity index (χ0v) is 25.6. The van der Waals surface area contributed by atoms with Gasteiger partial charge in [0.15, 0.2) is 5.82 Å². The van der Waals surface area contributed by atoms with Gasteiger partial charge in [-0.05, 0) is 91.4 Å². The zero-order chi connectivity index (χ0) is 31.2. The van der Waals surface area contributed by atoms with E-state index in [1.807, 2.05) is 18.2 Å². The van der Waals surface area contributed by atoms with Crippen LogP contribution in [0.15, 0.2) is 103 Å². The van der Waals surface area contributed by atoms with Gasteiger partial charge in [-0.1, -0.05) is 71.8 Å². The Kier molecular flexibility index (Phi) is 6.73. The first kappa shape index (κ1) is 27.8. The summed E-state index contributed by atoms with van der Waals surface area (Å²) >= 11 is 0. The second-order valence-corrected chi connectivity index (χ2v) is 11.7. The highest BCUT2D eigenvalue weighted by atomic mass is 15.0. The Balaban J connectivity index is 1.50. The molecule has 0 aliphatic rings. The van der Waals surface area contributed by atoms with Gasteiger partial charge in [0, 0.05) is 28.7 Å². The topological polar surface area (TPSA) is 78.3 Å². The standard InChI is InChI=1S/C40H29N5/c1-24-5-10-33(26(3)15-24)29-7-12-35-36-13-8-30(34-11-6-25(2)16-27(34)4)19-39(36)45(38(35)18-29)37-14-9-31(17-32(37)21-42)40-43-22-28(20-41)23-44-40/h5-19,22-23H,1-4H3. The van der Waals surface area contributed by atoms with Gasteiger partial charge in [-0.15, -0.1) is 0 Å². The van der Waals surface area contributed by atoms with Crippen molar-refractivity contribution >= 4 is 21.8 Å². The summed E-state index contributed by atoms with van der Waals surface area (Å²) in [4.78, 5) is 8.71. The quantitative estimate of drug-likeness (QED) is 0.208. The van der Waals surface area contributed by atoms with Crippen molar-refractivity contribution in [3.05, 3.63) is 137 Å². The van der Waals surface area contributed by atoms with Gasteiger partial charge in [0.25, 0.3) is 0 Å². The van der Waals surface area contributed by atoms with Crippen LogP contribution < -0.4 is 0 Å². The SMILES string of the molecule is Cc1ccc(-c2ccc3c4ccc(-c5ccc(C)cc5C)cc4n(-c4ccc(-c5ncc(C#N)cn5)cc4C#N)c3c2)c(C)c1. The molecule has 0 aliphatic carbocycles. The van der Waals surface area contributed by atoms with E-state index < -0.39 is 0 Å². The molecule has 5 heteroatoms. The Bertz CT molecular complexity index is 2270. The van der Waals surface area contributed by atoms with E-state index >= 15 is 0 Å². The maximum atomic E-state index is 10.5. The Hall–Kier alpha value is -6.04. The Morgan fingerprint density at radius 3 is 1.58 bits per heavy atom. The van der Waals surface area contributed by atoms with Gasteiger partial charge < -0.3 is 4.57 Å². The number of aryl methyl sites for hydroxylation is 4. The highest BCUT2D eigenvalue weighted by Crippen LogP contribution is 2.39. The lowest BCUT2D eigenvalue weighted by Crippen LogP contribution is -1.99. The third kappa shape index (κ3) is 4.82. The fourth-order valence-corrected chi connectivity index (χ4v) is 6.38. The predicted molar refractivity (Wildman–Crippen MR) is 181 cm³/mol. The molecule has 0 radical (unpaired) electrons. The van der Waals surface area contributed by atoms with E-state index in [2.05, 4.69) is 127 Å². The number of nitriles is 2. The molecule has 0 bridgehead atoms. The van der Waals surface area contributed by atoms with Gasteiger partial charge in [-0.2, -0.15) is 10.5 Å². The van der Waals surface area contributed by atoms with Crippen LogP contribution in [0.25, 0.3) is 61.1 Å². The average molecular weight is 580 g/mol. The number of fused-ring (bicyclic) bond motifs is 3. The van der Waals surface area contributed by atoms with Gasteiger partial charge in [0.05, 0.1) is 27.8 Å². The first-order valence-electron chi connectivity index (χ1n) is 14.8. The van der Waals surface area contributed by atoms with Crippen molar-refractivity contribution in [2.45, 2.75) is 27.7 Å². The minimum atomic E-state index is 0.389. The summed E-state index contributed by atoms with van der Waals surface area (Å²) in [6.45, 7) is 8.52. The van der Waals surface area contributed by atoms with Crippen LogP contribution in [0.2, 0.25) is 0 Å². The van der Waals surface area contributed by atoms with Crippen LogP contribution in [0.5, 0.6) is 0 Å². The van der Waals surface area contributed by atoms with Crippen LogP contribution in [0, 0.1) is 50.4 Å². The molecule has 7 aromatic rings. The van der Waals surface area contributed by atoms with E-state index in [-0.39, 0.29) is 0 Å². The fourth-order valence-electron chi connectivity index (χ4n) is 6.38. The molecule has 0 aliphatic heterocycles. The van der Waals surface area contributed by atoms with Gasteiger partial charge in [0.1, 0.15) is 12.1 Å². The van der Waals surface area contributed by atoms with Crippen LogP contribution in [-0.4, -0.2) is 14.5 Å². The summed E-state index contributed by atoms with van der Waals surface area (Å²) in [5.74, 6) is 0.466. The molecular formula is C40H29N5. The summed E-state index contributed by atoms with van der Waals surface area (Å²) in [5.41, 5.74) is 14.0. The molecule has 0 unspecified atom stereocenters. The van der Waals surface area contributed by atoms with Crippen molar-refractivity contribution in [1.29, 1.82) is 10.5 Å². The lowest BCUT2D eigenvalue weighted by Gasteiger charge is -2.14. The van der Waals surface area contributed by atoms with E-state index in [0.29, 0.717) is 22.5 Å². The predicted octanol–water partition coefficient (Wildman–Crippen LogP) is 9.55. The highest BCUT2D eigenvalue weighted by molar-refractivity contribution is 6.11. The molecule has 0 fully saturated rings. The smallest absolute Gasteiger partial charge is 0.159 e. The summed E-state index contributed by atoms with van der Waals surface area (Å²) in [5, 5.41) is 21.9. The van der Waals surface area contributed by atoms with Gasteiger partial charge >= 0.3 is 0 Å². The number of benzene rings is 5. The van der Waals surface area contributed by atoms with Crippen molar-refractivity contribution in [1.82, 2.24) is 14.5 Å². The van der Waals surface area contributed by atoms with Gasteiger partial charge in [-0.3, -0.25) is 0 Å². The molecule has 5 aromatic carbocycles. The minimum Gasteiger partial charge on any atom is -0.308 e. The van der Waals surface area contributed by atoms with Crippen molar-refractivity contribution in [3.8, 4) is 51.5 Å². The fraction of sp³-hybridized carbons (Fsp3) is 0.100. The molecule has 214 valence electrons. The van der Waals surface area contributed by atoms with Crippen LogP contribution in [0.3, 0.4) is 0 Å². The third-order valence-corrected chi connectivity index (χ3v) is 8.55. The van der Waals surface area contributed by atoms with Crippen LogP contribution in [0.4, 0.5) is 0 Å². The number of hydrogen-bond donors (Lipinski definition) is 0. The molecule has 0 spiro atoms. The van der Waals surface area contributed by atoms with E-state index in [1.54, 1.807) is 0 Å². The van der Waals surface area contributed by atoms with Crippen LogP contribution >= 0.6 is 0 Å². The molecule has 0 amide bonds. The number of aromatic nitrogens is 3. The monoisotopic (exact) mass is 579 g/mol. The average Bonchev–Trinajstić information content (AvgIpc) is 3.37. The molecule has 2 aromatic heterocycles. The van der Waals surface area contributed by atoms with E-state index in [1.165, 1.54) is 45.8 Å². The van der Waals surface area contributed by atoms with Gasteiger partial charge in [-0.25, -0.2) is 9.97 Å². The van der Waals surface area contributed by atoms with Crippen molar-refractivity contribution in [2.24, 2.45) is 0 Å². The third-order valence-electron chi connectivity index (χ3n) is 8.55. The summed E-state index contributed by atoms with van der Waals surface area (Å²) in [6.07, 6.45) is 3.00. The number of hydrogen-bond acceptors (Lipinski definition) is 4. The largest absolute Gasteiger partial charge is 0.308 e. The van der Waals surface area contributed by atoms with E-state index in [4.69, 9.17) is 5.26 Å². The molecule has 0 saturated heterocycles. The van der Waals surface area contributed by atoms with Crippen molar-refractivity contribution < 1.29 is 0 Å². The molecule has 7 rings (SSSR count). The van der Waals surface area contributed by atoms with Gasteiger partial charge in [0.2, 0.25) is 0 Å². The summed E-state index contributed by atoms with van der Waals surface area (Å²) in [7, 11) is 0. The summed E-state index contributed by atoms with van der Waals surface area (Å²) < 4.78 is 2.21. The number of nitrogens with zero attached hydrogens (tertiary/aromatic N) is 5. The molecule has 2 heterocycles. The van der Waals surface area contributed by atoms with E-state index in [0.717, 1.165) is 38.6 Å². The zero-order valence-electron chi connectivity index (χ0n) is 25.6. The molecular weight excluding hydrogens is 550 g/mol. The first-order chi connectivity index (χ1) is 21.8. The maximum absolute atomic E-state index is 10.5. The number of rotatable bonds is 4. The Morgan fingerprint density at radius 1 is 0.556 bits per heavy atom. The molecule has 0 N–H and O–H groups in total. The molecule has 5 nitrogen and oxygen atoms in total. The van der Waals surface area contributed by atoms with Crippen LogP contribution in [0.1, 0.15) is 33.4 Å². The van der Waals surface area contributed by atoms with Crippen molar-refractivity contribution in [2.75, 3.05) is 0 Å². The Morgan fingerprint density at radius 2 is 1.09 bits per heavy atom. The molecule has 0 saturated carbocycles. The van der Waals surface area contributed by atoms with Crippen LogP contribution in [-0.2, 0) is 0 Å². The molecule has 0 atom stereocenters. The maximum Gasteiger partial charge on any atom is 0.159 e. The Labute approximate surface area is 262 Å². The normalized spacial score (nSPS) is 11.1. The second kappa shape index (κ2) is 10.9. The molecule has 45 heavy (non-hydrogen) atoms. The lowest BCUT2D eigenvalue weighted by atomic mass is 9.96. The minimum absolute atomic E-state index is 0.389. The highest BCUT2D eigenvalue weighted by Gasteiger charge is 2.18. The second-order valence-electron chi connectivity index (χ2n) is 11.7. The van der Waals surface area contributed by atoms with Crippen molar-refractivity contribution in [3.63, 3.8) is 0 Å². The summed E-state index contributed by atoms with van der Waals surface area (Å²) in [6, 6.07) is 36.6. The lowest BCUT2D eigenvalue weighted by molar-refractivity contribution is 1.14. The first-order valence-corrected chi connectivity index (χ1v) is 14.8.